The first-order valence-electron chi connectivity index (χ1n) is 4.52. The van der Waals surface area contributed by atoms with Crippen molar-refractivity contribution >= 4 is 16.7 Å². The van der Waals surface area contributed by atoms with Crippen LogP contribution in [0.4, 0.5) is 0 Å². The minimum absolute atomic E-state index is 0.0550. The predicted octanol–water partition coefficient (Wildman–Crippen LogP) is 1.37. The highest BCUT2D eigenvalue weighted by Crippen LogP contribution is 2.27. The van der Waals surface area contributed by atoms with E-state index >= 15 is 0 Å². The summed E-state index contributed by atoms with van der Waals surface area (Å²) in [6.07, 6.45) is 0. The molecule has 0 aliphatic heterocycles. The summed E-state index contributed by atoms with van der Waals surface area (Å²) in [5.74, 6) is -0.971. The SMILES string of the molecule is O=C(NO)c1cc2cc(O)ccc2cc1O. The molecule has 0 aliphatic carbocycles. The van der Waals surface area contributed by atoms with Crippen LogP contribution in [0.5, 0.6) is 11.5 Å². The van der Waals surface area contributed by atoms with Crippen molar-refractivity contribution in [1.29, 1.82) is 0 Å². The number of aromatic hydroxyl groups is 2. The van der Waals surface area contributed by atoms with Crippen molar-refractivity contribution < 1.29 is 20.2 Å². The summed E-state index contributed by atoms with van der Waals surface area (Å²) in [6.45, 7) is 0. The fourth-order valence-electron chi connectivity index (χ4n) is 1.52. The molecule has 2 rings (SSSR count). The highest BCUT2D eigenvalue weighted by atomic mass is 16.5. The summed E-state index contributed by atoms with van der Waals surface area (Å²) in [5, 5.41) is 28.6. The molecular formula is C11H9NO4. The first kappa shape index (κ1) is 10.3. The molecule has 0 saturated heterocycles. The van der Waals surface area contributed by atoms with Crippen LogP contribution in [-0.2, 0) is 0 Å². The summed E-state index contributed by atoms with van der Waals surface area (Å²) in [7, 11) is 0. The van der Waals surface area contributed by atoms with Gasteiger partial charge in [0.05, 0.1) is 5.56 Å². The van der Waals surface area contributed by atoms with Gasteiger partial charge in [0.2, 0.25) is 0 Å². The molecule has 82 valence electrons. The fourth-order valence-corrected chi connectivity index (χ4v) is 1.52. The topological polar surface area (TPSA) is 89.8 Å². The van der Waals surface area contributed by atoms with Gasteiger partial charge in [0.25, 0.3) is 5.91 Å². The van der Waals surface area contributed by atoms with Crippen molar-refractivity contribution in [3.8, 4) is 11.5 Å². The van der Waals surface area contributed by atoms with Gasteiger partial charge in [0.1, 0.15) is 11.5 Å². The Balaban J connectivity index is 2.68. The molecule has 4 N–H and O–H groups in total. The number of hydrogen-bond acceptors (Lipinski definition) is 4. The maximum atomic E-state index is 11.2. The molecule has 0 unspecified atom stereocenters. The fraction of sp³-hybridized carbons (Fsp3) is 0. The van der Waals surface area contributed by atoms with Crippen LogP contribution in [0.1, 0.15) is 10.4 Å². The normalized spacial score (nSPS) is 10.3. The summed E-state index contributed by atoms with van der Waals surface area (Å²) < 4.78 is 0. The third-order valence-electron chi connectivity index (χ3n) is 2.28. The van der Waals surface area contributed by atoms with Crippen LogP contribution >= 0.6 is 0 Å². The third-order valence-corrected chi connectivity index (χ3v) is 2.28. The third kappa shape index (κ3) is 1.64. The number of hydrogen-bond donors (Lipinski definition) is 4. The molecule has 0 fully saturated rings. The van der Waals surface area contributed by atoms with Gasteiger partial charge in [0.15, 0.2) is 0 Å². The first-order chi connectivity index (χ1) is 7.61. The maximum Gasteiger partial charge on any atom is 0.278 e. The van der Waals surface area contributed by atoms with Crippen molar-refractivity contribution in [2.45, 2.75) is 0 Å². The van der Waals surface area contributed by atoms with Crippen LogP contribution < -0.4 is 5.48 Å². The van der Waals surface area contributed by atoms with Crippen molar-refractivity contribution in [1.82, 2.24) is 5.48 Å². The number of carbonyl (C=O) groups is 1. The largest absolute Gasteiger partial charge is 0.508 e. The van der Waals surface area contributed by atoms with Crippen LogP contribution in [0.25, 0.3) is 10.8 Å². The van der Waals surface area contributed by atoms with E-state index in [-0.39, 0.29) is 17.1 Å². The number of phenols is 2. The molecule has 0 atom stereocenters. The number of amides is 1. The van der Waals surface area contributed by atoms with Gasteiger partial charge in [-0.25, -0.2) is 5.48 Å². The van der Waals surface area contributed by atoms with Gasteiger partial charge in [-0.15, -0.1) is 0 Å². The second-order valence-corrected chi connectivity index (χ2v) is 3.34. The average Bonchev–Trinajstić information content (AvgIpc) is 2.28. The number of phenolic OH excluding ortho intramolecular Hbond substituents is 2. The molecule has 1 amide bonds. The molecule has 0 spiro atoms. The zero-order chi connectivity index (χ0) is 11.7. The lowest BCUT2D eigenvalue weighted by Gasteiger charge is -2.05. The van der Waals surface area contributed by atoms with E-state index in [9.17, 15) is 15.0 Å². The van der Waals surface area contributed by atoms with Gasteiger partial charge in [-0.05, 0) is 35.0 Å². The molecule has 5 nitrogen and oxygen atoms in total. The van der Waals surface area contributed by atoms with Crippen LogP contribution in [0.2, 0.25) is 0 Å². The Kier molecular flexibility index (Phi) is 2.38. The molecule has 5 heteroatoms. The standard InChI is InChI=1S/C11H9NO4/c13-8-2-1-6-5-10(14)9(11(15)12-16)4-7(6)3-8/h1-5,13-14,16H,(H,12,15). The Bertz CT molecular complexity index is 565. The lowest BCUT2D eigenvalue weighted by molar-refractivity contribution is 0.0703. The van der Waals surface area contributed by atoms with Crippen molar-refractivity contribution in [3.05, 3.63) is 35.9 Å². The lowest BCUT2D eigenvalue weighted by atomic mass is 10.1. The number of carbonyl (C=O) groups excluding carboxylic acids is 1. The van der Waals surface area contributed by atoms with Crippen molar-refractivity contribution in [2.24, 2.45) is 0 Å². The second kappa shape index (κ2) is 3.71. The van der Waals surface area contributed by atoms with Crippen LogP contribution in [0.3, 0.4) is 0 Å². The van der Waals surface area contributed by atoms with Gasteiger partial charge < -0.3 is 10.2 Å². The summed E-state index contributed by atoms with van der Waals surface area (Å²) in [4.78, 5) is 11.2. The van der Waals surface area contributed by atoms with E-state index < -0.39 is 5.91 Å². The Morgan fingerprint density at radius 2 is 1.81 bits per heavy atom. The Labute approximate surface area is 90.5 Å². The van der Waals surface area contributed by atoms with Crippen molar-refractivity contribution in [3.63, 3.8) is 0 Å². The molecule has 0 heterocycles. The second-order valence-electron chi connectivity index (χ2n) is 3.34. The molecule has 0 radical (unpaired) electrons. The number of benzene rings is 2. The van der Waals surface area contributed by atoms with E-state index in [0.717, 1.165) is 0 Å². The summed E-state index contributed by atoms with van der Waals surface area (Å²) >= 11 is 0. The first-order valence-corrected chi connectivity index (χ1v) is 4.52. The molecule has 0 aromatic heterocycles. The van der Waals surface area contributed by atoms with Crippen LogP contribution in [-0.4, -0.2) is 21.3 Å². The van der Waals surface area contributed by atoms with Gasteiger partial charge in [-0.2, -0.15) is 0 Å². The molecule has 0 bridgehead atoms. The molecular weight excluding hydrogens is 210 g/mol. The molecule has 0 saturated carbocycles. The number of nitrogens with one attached hydrogen (secondary N) is 1. The van der Waals surface area contributed by atoms with Gasteiger partial charge >= 0.3 is 0 Å². The van der Waals surface area contributed by atoms with E-state index in [2.05, 4.69) is 0 Å². The van der Waals surface area contributed by atoms with E-state index in [0.29, 0.717) is 10.8 Å². The number of rotatable bonds is 1. The highest BCUT2D eigenvalue weighted by molar-refractivity contribution is 6.01. The van der Waals surface area contributed by atoms with Gasteiger partial charge in [-0.1, -0.05) is 6.07 Å². The Morgan fingerprint density at radius 1 is 1.06 bits per heavy atom. The summed E-state index contributed by atoms with van der Waals surface area (Å²) in [6, 6.07) is 7.33. The number of fused-ring (bicyclic) bond motifs is 1. The molecule has 16 heavy (non-hydrogen) atoms. The molecule has 2 aromatic rings. The maximum absolute atomic E-state index is 11.2. The summed E-state index contributed by atoms with van der Waals surface area (Å²) in [5.41, 5.74) is 1.38. The smallest absolute Gasteiger partial charge is 0.278 e. The van der Waals surface area contributed by atoms with E-state index in [1.54, 1.807) is 6.07 Å². The van der Waals surface area contributed by atoms with Crippen LogP contribution in [0.15, 0.2) is 30.3 Å². The van der Waals surface area contributed by atoms with Gasteiger partial charge in [0, 0.05) is 0 Å². The predicted molar refractivity (Wildman–Crippen MR) is 56.5 cm³/mol. The van der Waals surface area contributed by atoms with E-state index in [1.807, 2.05) is 0 Å². The lowest BCUT2D eigenvalue weighted by Crippen LogP contribution is -2.18. The zero-order valence-electron chi connectivity index (χ0n) is 8.14. The Hall–Kier alpha value is -2.27. The van der Waals surface area contributed by atoms with Crippen LogP contribution in [0, 0.1) is 0 Å². The molecule has 2 aromatic carbocycles. The Morgan fingerprint density at radius 3 is 2.50 bits per heavy atom. The quantitative estimate of drug-likeness (QED) is 0.430. The monoisotopic (exact) mass is 219 g/mol. The molecule has 0 aliphatic rings. The van der Waals surface area contributed by atoms with E-state index in [4.69, 9.17) is 5.21 Å². The zero-order valence-corrected chi connectivity index (χ0v) is 8.14. The van der Waals surface area contributed by atoms with Crippen molar-refractivity contribution in [2.75, 3.05) is 0 Å². The highest BCUT2D eigenvalue weighted by Gasteiger charge is 2.11. The minimum Gasteiger partial charge on any atom is -0.508 e. The average molecular weight is 219 g/mol. The minimum atomic E-state index is -0.803. The van der Waals surface area contributed by atoms with Gasteiger partial charge in [-0.3, -0.25) is 10.0 Å². The van der Waals surface area contributed by atoms with E-state index in [1.165, 1.54) is 29.7 Å². The number of hydroxylamine groups is 1.